The summed E-state index contributed by atoms with van der Waals surface area (Å²) in [6, 6.07) is 20.1. The predicted molar refractivity (Wildman–Crippen MR) is 90.5 cm³/mol. The molecule has 1 amide bonds. The highest BCUT2D eigenvalue weighted by molar-refractivity contribution is 5.96. The lowest BCUT2D eigenvalue weighted by atomic mass is 9.90. The number of furan rings is 1. The number of hydrogen-bond acceptors (Lipinski definition) is 2. The first-order chi connectivity index (χ1) is 11.3. The van der Waals surface area contributed by atoms with Crippen LogP contribution in [0.3, 0.4) is 0 Å². The number of fused-ring (bicyclic) bond motifs is 1. The number of piperidine rings is 1. The Kier molecular flexibility index (Phi) is 3.62. The zero-order valence-corrected chi connectivity index (χ0v) is 12.9. The maximum Gasteiger partial charge on any atom is 0.289 e. The SMILES string of the molecule is O=C(c1cc2ccccc2o1)N1CCC[C@H](c2ccccc2)C1. The van der Waals surface area contributed by atoms with E-state index in [1.165, 1.54) is 5.56 Å². The van der Waals surface area contributed by atoms with Crippen molar-refractivity contribution in [2.75, 3.05) is 13.1 Å². The molecule has 4 rings (SSSR count). The minimum absolute atomic E-state index is 0.00170. The number of para-hydroxylation sites is 1. The normalized spacial score (nSPS) is 18.3. The number of carbonyl (C=O) groups excluding carboxylic acids is 1. The zero-order chi connectivity index (χ0) is 15.6. The van der Waals surface area contributed by atoms with Crippen LogP contribution in [-0.2, 0) is 0 Å². The maximum absolute atomic E-state index is 12.8. The van der Waals surface area contributed by atoms with E-state index in [-0.39, 0.29) is 5.91 Å². The molecule has 3 nitrogen and oxygen atoms in total. The molecule has 0 N–H and O–H groups in total. The molecule has 3 aromatic rings. The Hall–Kier alpha value is -2.55. The van der Waals surface area contributed by atoms with Crippen LogP contribution in [-0.4, -0.2) is 23.9 Å². The van der Waals surface area contributed by atoms with Crippen LogP contribution in [0.5, 0.6) is 0 Å². The van der Waals surface area contributed by atoms with E-state index >= 15 is 0 Å². The van der Waals surface area contributed by atoms with E-state index in [4.69, 9.17) is 4.42 Å². The Bertz CT molecular complexity index is 789. The summed E-state index contributed by atoms with van der Waals surface area (Å²) in [5.74, 6) is 0.861. The summed E-state index contributed by atoms with van der Waals surface area (Å²) < 4.78 is 5.73. The number of benzene rings is 2. The van der Waals surface area contributed by atoms with Gasteiger partial charge in [0.1, 0.15) is 5.58 Å². The number of hydrogen-bond donors (Lipinski definition) is 0. The first kappa shape index (κ1) is 14.1. The lowest BCUT2D eigenvalue weighted by Gasteiger charge is -2.32. The molecule has 0 aliphatic carbocycles. The molecule has 1 atom stereocenters. The molecule has 3 heteroatoms. The highest BCUT2D eigenvalue weighted by Gasteiger charge is 2.27. The average Bonchev–Trinajstić information content (AvgIpc) is 3.06. The largest absolute Gasteiger partial charge is 0.451 e. The Morgan fingerprint density at radius 1 is 1.04 bits per heavy atom. The summed E-state index contributed by atoms with van der Waals surface area (Å²) in [7, 11) is 0. The van der Waals surface area contributed by atoms with E-state index in [0.29, 0.717) is 11.7 Å². The lowest BCUT2D eigenvalue weighted by Crippen LogP contribution is -2.38. The van der Waals surface area contributed by atoms with E-state index in [2.05, 4.69) is 24.3 Å². The molecule has 23 heavy (non-hydrogen) atoms. The van der Waals surface area contributed by atoms with Crippen molar-refractivity contribution >= 4 is 16.9 Å². The molecule has 2 heterocycles. The van der Waals surface area contributed by atoms with Crippen LogP contribution < -0.4 is 0 Å². The molecular weight excluding hydrogens is 286 g/mol. The van der Waals surface area contributed by atoms with Gasteiger partial charge in [-0.1, -0.05) is 48.5 Å². The Labute approximate surface area is 135 Å². The van der Waals surface area contributed by atoms with Gasteiger partial charge < -0.3 is 9.32 Å². The fraction of sp³-hybridized carbons (Fsp3) is 0.250. The van der Waals surface area contributed by atoms with Crippen molar-refractivity contribution in [2.24, 2.45) is 0 Å². The van der Waals surface area contributed by atoms with E-state index in [1.807, 2.05) is 41.3 Å². The van der Waals surface area contributed by atoms with Crippen LogP contribution in [0, 0.1) is 0 Å². The highest BCUT2D eigenvalue weighted by atomic mass is 16.3. The topological polar surface area (TPSA) is 33.5 Å². The zero-order valence-electron chi connectivity index (χ0n) is 12.9. The minimum atomic E-state index is 0.00170. The molecule has 1 aliphatic rings. The third-order valence-corrected chi connectivity index (χ3v) is 4.62. The van der Waals surface area contributed by atoms with Crippen molar-refractivity contribution < 1.29 is 9.21 Å². The second-order valence-electron chi connectivity index (χ2n) is 6.15. The first-order valence-corrected chi connectivity index (χ1v) is 8.14. The molecule has 1 aliphatic heterocycles. The standard InChI is InChI=1S/C20H19NO2/c22-20(19-13-16-9-4-5-11-18(16)23-19)21-12-6-10-17(14-21)15-7-2-1-3-8-15/h1-5,7-9,11,13,17H,6,10,12,14H2/t17-/m0/s1. The molecule has 1 aromatic heterocycles. The lowest BCUT2D eigenvalue weighted by molar-refractivity contribution is 0.0677. The summed E-state index contributed by atoms with van der Waals surface area (Å²) in [6.07, 6.45) is 2.17. The number of likely N-dealkylation sites (tertiary alicyclic amines) is 1. The van der Waals surface area contributed by atoms with Crippen LogP contribution in [0.25, 0.3) is 11.0 Å². The molecule has 1 saturated heterocycles. The second-order valence-corrected chi connectivity index (χ2v) is 6.15. The fourth-order valence-electron chi connectivity index (χ4n) is 3.40. The maximum atomic E-state index is 12.8. The summed E-state index contributed by atoms with van der Waals surface area (Å²) in [6.45, 7) is 1.57. The number of amides is 1. The van der Waals surface area contributed by atoms with E-state index < -0.39 is 0 Å². The molecule has 0 saturated carbocycles. The van der Waals surface area contributed by atoms with Gasteiger partial charge in [-0.2, -0.15) is 0 Å². The van der Waals surface area contributed by atoms with Crippen molar-refractivity contribution in [3.63, 3.8) is 0 Å². The number of nitrogens with zero attached hydrogens (tertiary/aromatic N) is 1. The van der Waals surface area contributed by atoms with Crippen LogP contribution in [0.1, 0.15) is 34.9 Å². The van der Waals surface area contributed by atoms with Crippen LogP contribution in [0.4, 0.5) is 0 Å². The van der Waals surface area contributed by atoms with Crippen molar-refractivity contribution in [3.05, 3.63) is 72.0 Å². The third-order valence-electron chi connectivity index (χ3n) is 4.62. The molecule has 116 valence electrons. The van der Waals surface area contributed by atoms with Gasteiger partial charge in [-0.3, -0.25) is 4.79 Å². The molecule has 1 fully saturated rings. The van der Waals surface area contributed by atoms with Gasteiger partial charge in [0.25, 0.3) is 5.91 Å². The predicted octanol–water partition coefficient (Wildman–Crippen LogP) is 4.45. The van der Waals surface area contributed by atoms with Crippen LogP contribution in [0.2, 0.25) is 0 Å². The van der Waals surface area contributed by atoms with Crippen molar-refractivity contribution in [3.8, 4) is 0 Å². The van der Waals surface area contributed by atoms with Crippen LogP contribution >= 0.6 is 0 Å². The highest BCUT2D eigenvalue weighted by Crippen LogP contribution is 2.28. The smallest absolute Gasteiger partial charge is 0.289 e. The van der Waals surface area contributed by atoms with Gasteiger partial charge in [-0.05, 0) is 30.5 Å². The summed E-state index contributed by atoms with van der Waals surface area (Å²) >= 11 is 0. The summed E-state index contributed by atoms with van der Waals surface area (Å²) in [5.41, 5.74) is 2.09. The number of carbonyl (C=O) groups is 1. The van der Waals surface area contributed by atoms with Crippen molar-refractivity contribution in [1.82, 2.24) is 4.90 Å². The van der Waals surface area contributed by atoms with Gasteiger partial charge >= 0.3 is 0 Å². The monoisotopic (exact) mass is 305 g/mol. The van der Waals surface area contributed by atoms with Gasteiger partial charge in [-0.25, -0.2) is 0 Å². The Morgan fingerprint density at radius 2 is 1.83 bits per heavy atom. The molecule has 0 spiro atoms. The van der Waals surface area contributed by atoms with Gasteiger partial charge in [0.05, 0.1) is 0 Å². The van der Waals surface area contributed by atoms with Crippen molar-refractivity contribution in [2.45, 2.75) is 18.8 Å². The molecule has 0 bridgehead atoms. The summed E-state index contributed by atoms with van der Waals surface area (Å²) in [4.78, 5) is 14.7. The van der Waals surface area contributed by atoms with Gasteiger partial charge in [0.15, 0.2) is 5.76 Å². The molecular formula is C20H19NO2. The third kappa shape index (κ3) is 2.74. The summed E-state index contributed by atoms with van der Waals surface area (Å²) in [5, 5.41) is 0.979. The van der Waals surface area contributed by atoms with E-state index in [1.54, 1.807) is 0 Å². The fourth-order valence-corrected chi connectivity index (χ4v) is 3.40. The Morgan fingerprint density at radius 3 is 2.65 bits per heavy atom. The minimum Gasteiger partial charge on any atom is -0.451 e. The van der Waals surface area contributed by atoms with Gasteiger partial charge in [-0.15, -0.1) is 0 Å². The van der Waals surface area contributed by atoms with Gasteiger partial charge in [0.2, 0.25) is 0 Å². The quantitative estimate of drug-likeness (QED) is 0.700. The number of rotatable bonds is 2. The van der Waals surface area contributed by atoms with E-state index in [9.17, 15) is 4.79 Å². The van der Waals surface area contributed by atoms with Crippen LogP contribution in [0.15, 0.2) is 65.1 Å². The second kappa shape index (κ2) is 5.92. The molecule has 2 aromatic carbocycles. The van der Waals surface area contributed by atoms with Gasteiger partial charge in [0, 0.05) is 24.4 Å². The average molecular weight is 305 g/mol. The molecule has 0 unspecified atom stereocenters. The molecule has 0 radical (unpaired) electrons. The first-order valence-electron chi connectivity index (χ1n) is 8.14. The van der Waals surface area contributed by atoms with E-state index in [0.717, 1.165) is 36.9 Å². The van der Waals surface area contributed by atoms with Crippen molar-refractivity contribution in [1.29, 1.82) is 0 Å². The Balaban J connectivity index is 1.56.